The van der Waals surface area contributed by atoms with Crippen LogP contribution in [0.3, 0.4) is 0 Å². The van der Waals surface area contributed by atoms with Crippen molar-refractivity contribution in [1.82, 2.24) is 24.8 Å². The van der Waals surface area contributed by atoms with Crippen LogP contribution < -0.4 is 16.8 Å². The van der Waals surface area contributed by atoms with Gasteiger partial charge >= 0.3 is 0 Å². The van der Waals surface area contributed by atoms with Gasteiger partial charge in [-0.1, -0.05) is 39.3 Å². The Bertz CT molecular complexity index is 911. The van der Waals surface area contributed by atoms with Crippen molar-refractivity contribution in [2.75, 3.05) is 18.0 Å². The van der Waals surface area contributed by atoms with Crippen molar-refractivity contribution in [3.8, 4) is 0 Å². The highest BCUT2D eigenvalue weighted by Gasteiger charge is 2.16. The molecule has 7 nitrogen and oxygen atoms in total. The zero-order valence-corrected chi connectivity index (χ0v) is 18.3. The first-order valence-electron chi connectivity index (χ1n) is 9.38. The summed E-state index contributed by atoms with van der Waals surface area (Å²) in [7, 11) is 0. The normalized spacial score (nSPS) is 10.9. The molecule has 2 heterocycles. The summed E-state index contributed by atoms with van der Waals surface area (Å²) >= 11 is 7.47. The third-order valence-electron chi connectivity index (χ3n) is 3.81. The van der Waals surface area contributed by atoms with Crippen LogP contribution in [0.5, 0.6) is 0 Å². The Balaban J connectivity index is 0.00000136. The minimum absolute atomic E-state index is 0.375. The number of nitrogens with two attached hydrogens (primary N) is 2. The van der Waals surface area contributed by atoms with E-state index in [-0.39, 0.29) is 0 Å². The molecule has 2 aromatic heterocycles. The molecule has 0 saturated heterocycles. The maximum absolute atomic E-state index is 6.09. The molecule has 0 aliphatic rings. The average molecular weight is 422 g/mol. The number of hydrogen-bond donors (Lipinski definition) is 3. The summed E-state index contributed by atoms with van der Waals surface area (Å²) in [6, 6.07) is 5.89. The van der Waals surface area contributed by atoms with E-state index >= 15 is 0 Å². The molecule has 5 N–H and O–H groups in total. The molecule has 0 spiro atoms. The lowest BCUT2D eigenvalue weighted by molar-refractivity contribution is 0.525. The van der Waals surface area contributed by atoms with Gasteiger partial charge in [0.05, 0.1) is 0 Å². The van der Waals surface area contributed by atoms with Crippen molar-refractivity contribution in [3.63, 3.8) is 0 Å². The number of benzene rings is 1. The number of fused-ring (bicyclic) bond motifs is 1. The molecule has 3 rings (SSSR count). The van der Waals surface area contributed by atoms with Crippen LogP contribution in [0.2, 0.25) is 5.02 Å². The highest BCUT2D eigenvalue weighted by molar-refractivity contribution is 7.99. The minimum atomic E-state index is 0.375. The maximum atomic E-state index is 6.09. The molecule has 1 aromatic carbocycles. The van der Waals surface area contributed by atoms with Crippen LogP contribution in [0.4, 0.5) is 11.5 Å². The molecule has 28 heavy (non-hydrogen) atoms. The number of nitrogens with zero attached hydrogens (tertiary/aromatic N) is 4. The molecule has 0 atom stereocenters. The van der Waals surface area contributed by atoms with Gasteiger partial charge in [-0.2, -0.15) is 0 Å². The average Bonchev–Trinajstić information content (AvgIpc) is 3.01. The third kappa shape index (κ3) is 5.50. The van der Waals surface area contributed by atoms with Crippen LogP contribution in [0.15, 0.2) is 34.6 Å². The number of aromatic nitrogens is 4. The van der Waals surface area contributed by atoms with Gasteiger partial charge in [0.2, 0.25) is 0 Å². The highest BCUT2D eigenvalue weighted by atomic mass is 35.5. The van der Waals surface area contributed by atoms with Crippen molar-refractivity contribution in [2.24, 2.45) is 0 Å². The summed E-state index contributed by atoms with van der Waals surface area (Å²) < 4.78 is 2.06. The standard InChI is InChI=1S/C17H22ClN7S.C2H6/c1-10(2)21-6-3-7-25-16-14(15(20)22-9-23-16)24-17(25)26-13-5-4-11(18)8-12(13)19;1-2/h4-5,8-10,21H,3,6-7,19H2,1-2H3,(H2,20,22,23);1-2H3. The van der Waals surface area contributed by atoms with Gasteiger partial charge in [0, 0.05) is 28.2 Å². The van der Waals surface area contributed by atoms with Crippen LogP contribution in [0.1, 0.15) is 34.1 Å². The lowest BCUT2D eigenvalue weighted by Crippen LogP contribution is -2.24. The van der Waals surface area contributed by atoms with Gasteiger partial charge in [0.1, 0.15) is 6.33 Å². The number of anilines is 2. The number of aryl methyl sites for hydroxylation is 1. The molecular formula is C19H28ClN7S. The van der Waals surface area contributed by atoms with Crippen molar-refractivity contribution >= 4 is 46.0 Å². The molecular weight excluding hydrogens is 394 g/mol. The second kappa shape index (κ2) is 10.5. The smallest absolute Gasteiger partial charge is 0.175 e. The fourth-order valence-electron chi connectivity index (χ4n) is 2.55. The Morgan fingerprint density at radius 2 is 1.96 bits per heavy atom. The predicted molar refractivity (Wildman–Crippen MR) is 119 cm³/mol. The first-order valence-corrected chi connectivity index (χ1v) is 10.6. The van der Waals surface area contributed by atoms with Crippen LogP contribution in [0.25, 0.3) is 11.2 Å². The zero-order valence-electron chi connectivity index (χ0n) is 16.7. The van der Waals surface area contributed by atoms with Gasteiger partial charge in [0.25, 0.3) is 0 Å². The van der Waals surface area contributed by atoms with Gasteiger partial charge < -0.3 is 21.4 Å². The van der Waals surface area contributed by atoms with E-state index in [0.717, 1.165) is 35.2 Å². The molecule has 0 bridgehead atoms. The first kappa shape index (κ1) is 22.3. The number of imidazole rings is 1. The number of halogens is 1. The van der Waals surface area contributed by atoms with E-state index in [9.17, 15) is 0 Å². The van der Waals surface area contributed by atoms with Crippen LogP contribution >= 0.6 is 23.4 Å². The van der Waals surface area contributed by atoms with Crippen molar-refractivity contribution in [1.29, 1.82) is 0 Å². The topological polar surface area (TPSA) is 108 Å². The first-order chi connectivity index (χ1) is 13.5. The Kier molecular flexibility index (Phi) is 8.35. The second-order valence-electron chi connectivity index (χ2n) is 6.22. The Morgan fingerprint density at radius 1 is 1.21 bits per heavy atom. The minimum Gasteiger partial charge on any atom is -0.398 e. The summed E-state index contributed by atoms with van der Waals surface area (Å²) in [4.78, 5) is 14.0. The van der Waals surface area contributed by atoms with Crippen molar-refractivity contribution in [2.45, 2.75) is 56.8 Å². The molecule has 0 aliphatic carbocycles. The van der Waals surface area contributed by atoms with Crippen LogP contribution in [-0.4, -0.2) is 32.1 Å². The Labute approximate surface area is 175 Å². The maximum Gasteiger partial charge on any atom is 0.175 e. The molecule has 9 heteroatoms. The van der Waals surface area contributed by atoms with E-state index in [4.69, 9.17) is 23.1 Å². The zero-order chi connectivity index (χ0) is 20.7. The number of hydrogen-bond acceptors (Lipinski definition) is 7. The molecule has 152 valence electrons. The second-order valence-corrected chi connectivity index (χ2v) is 7.67. The molecule has 0 saturated carbocycles. The Hall–Kier alpha value is -2.03. The molecule has 0 fully saturated rings. The lowest BCUT2D eigenvalue weighted by Gasteiger charge is -2.11. The number of nitrogens with one attached hydrogen (secondary N) is 1. The summed E-state index contributed by atoms with van der Waals surface area (Å²) in [5.41, 5.74) is 14.0. The van der Waals surface area contributed by atoms with E-state index in [2.05, 4.69) is 38.7 Å². The SMILES string of the molecule is CC.CC(C)NCCCn1c(Sc2ccc(Cl)cc2N)nc2c(N)ncnc21. The number of rotatable bonds is 7. The number of nitrogen functional groups attached to an aromatic ring is 2. The van der Waals surface area contributed by atoms with E-state index in [1.165, 1.54) is 18.1 Å². The quantitative estimate of drug-likeness (QED) is 0.387. The van der Waals surface area contributed by atoms with Gasteiger partial charge in [-0.05, 0) is 42.9 Å². The van der Waals surface area contributed by atoms with E-state index in [1.807, 2.05) is 26.0 Å². The summed E-state index contributed by atoms with van der Waals surface area (Å²) in [5.74, 6) is 0.375. The van der Waals surface area contributed by atoms with Gasteiger partial charge in [0.15, 0.2) is 22.1 Å². The van der Waals surface area contributed by atoms with Crippen molar-refractivity contribution < 1.29 is 0 Å². The summed E-state index contributed by atoms with van der Waals surface area (Å²) in [5, 5.41) is 4.81. The van der Waals surface area contributed by atoms with Gasteiger partial charge in [-0.3, -0.25) is 0 Å². The van der Waals surface area contributed by atoms with Gasteiger partial charge in [-0.15, -0.1) is 0 Å². The Morgan fingerprint density at radius 3 is 2.64 bits per heavy atom. The largest absolute Gasteiger partial charge is 0.398 e. The molecule has 0 unspecified atom stereocenters. The fraction of sp³-hybridized carbons (Fsp3) is 0.421. The monoisotopic (exact) mass is 421 g/mol. The molecule has 0 amide bonds. The van der Waals surface area contributed by atoms with Crippen molar-refractivity contribution in [3.05, 3.63) is 29.5 Å². The summed E-state index contributed by atoms with van der Waals surface area (Å²) in [6.45, 7) is 9.93. The van der Waals surface area contributed by atoms with Crippen LogP contribution in [0, 0.1) is 0 Å². The van der Waals surface area contributed by atoms with Gasteiger partial charge in [-0.25, -0.2) is 15.0 Å². The third-order valence-corrected chi connectivity index (χ3v) is 5.13. The summed E-state index contributed by atoms with van der Waals surface area (Å²) in [6.07, 6.45) is 2.41. The fourth-order valence-corrected chi connectivity index (χ4v) is 3.67. The molecule has 3 aromatic rings. The molecule has 0 aliphatic heterocycles. The molecule has 0 radical (unpaired) electrons. The van der Waals surface area contributed by atoms with E-state index in [0.29, 0.717) is 28.1 Å². The van der Waals surface area contributed by atoms with E-state index in [1.54, 1.807) is 6.07 Å². The van der Waals surface area contributed by atoms with Crippen LogP contribution in [-0.2, 0) is 6.54 Å². The van der Waals surface area contributed by atoms with E-state index < -0.39 is 0 Å². The predicted octanol–water partition coefficient (Wildman–Crippen LogP) is 4.21. The lowest BCUT2D eigenvalue weighted by atomic mass is 10.3. The highest BCUT2D eigenvalue weighted by Crippen LogP contribution is 2.35.